The highest BCUT2D eigenvalue weighted by Gasteiger charge is 2.27. The van der Waals surface area contributed by atoms with E-state index in [-0.39, 0.29) is 16.3 Å². The van der Waals surface area contributed by atoms with E-state index >= 15 is 0 Å². The summed E-state index contributed by atoms with van der Waals surface area (Å²) in [6, 6.07) is 1.30. The van der Waals surface area contributed by atoms with Crippen LogP contribution in [0.5, 0.6) is 0 Å². The van der Waals surface area contributed by atoms with E-state index in [0.29, 0.717) is 5.57 Å². The van der Waals surface area contributed by atoms with Gasteiger partial charge in [0.25, 0.3) is 0 Å². The number of sulfonamides is 1. The van der Waals surface area contributed by atoms with E-state index < -0.39 is 16.0 Å². The molecule has 0 aliphatic rings. The lowest BCUT2D eigenvalue weighted by molar-refractivity contribution is 0.0698. The molecule has 0 fully saturated rings. The average molecular weight is 275 g/mol. The Morgan fingerprint density at radius 1 is 1.59 bits per heavy atom. The van der Waals surface area contributed by atoms with Crippen LogP contribution in [0.15, 0.2) is 28.5 Å². The van der Waals surface area contributed by atoms with Crippen molar-refractivity contribution in [2.24, 2.45) is 0 Å². The number of carboxylic acids is 1. The first-order valence-electron chi connectivity index (χ1n) is 4.68. The molecule has 1 aromatic rings. The van der Waals surface area contributed by atoms with Gasteiger partial charge in [-0.15, -0.1) is 11.3 Å². The Kier molecular flexibility index (Phi) is 4.07. The van der Waals surface area contributed by atoms with Gasteiger partial charge < -0.3 is 5.11 Å². The van der Waals surface area contributed by atoms with Crippen molar-refractivity contribution >= 4 is 27.3 Å². The highest BCUT2D eigenvalue weighted by atomic mass is 32.2. The zero-order valence-corrected chi connectivity index (χ0v) is 11.1. The predicted molar refractivity (Wildman–Crippen MR) is 65.9 cm³/mol. The maximum Gasteiger partial charge on any atom is 0.347 e. The van der Waals surface area contributed by atoms with Gasteiger partial charge in [0, 0.05) is 13.6 Å². The molecular formula is C10H13NO4S2. The Balaban J connectivity index is 3.17. The van der Waals surface area contributed by atoms with Crippen LogP contribution in [-0.4, -0.2) is 37.4 Å². The maximum absolute atomic E-state index is 12.1. The van der Waals surface area contributed by atoms with Crippen LogP contribution < -0.4 is 0 Å². The quantitative estimate of drug-likeness (QED) is 0.829. The van der Waals surface area contributed by atoms with Crippen LogP contribution in [0.3, 0.4) is 0 Å². The third-order valence-corrected chi connectivity index (χ3v) is 4.88. The van der Waals surface area contributed by atoms with Crippen molar-refractivity contribution in [2.45, 2.75) is 11.8 Å². The van der Waals surface area contributed by atoms with Crippen molar-refractivity contribution < 1.29 is 18.3 Å². The molecule has 0 amide bonds. The minimum absolute atomic E-state index is 0.164. The number of aromatic carboxylic acids is 1. The zero-order chi connectivity index (χ0) is 13.2. The van der Waals surface area contributed by atoms with Gasteiger partial charge in [-0.2, -0.15) is 4.31 Å². The van der Waals surface area contributed by atoms with Gasteiger partial charge in [-0.1, -0.05) is 12.2 Å². The van der Waals surface area contributed by atoms with E-state index in [1.165, 1.54) is 18.5 Å². The van der Waals surface area contributed by atoms with Crippen molar-refractivity contribution in [2.75, 3.05) is 13.6 Å². The molecule has 1 heterocycles. The second-order valence-corrected chi connectivity index (χ2v) is 6.57. The number of likely N-dealkylation sites (N-methyl/N-ethyl adjacent to an activating group) is 1. The molecule has 0 bridgehead atoms. The number of carboxylic acid groups (broad SMARTS) is 1. The fourth-order valence-corrected chi connectivity index (χ4v) is 3.75. The fourth-order valence-electron chi connectivity index (χ4n) is 1.29. The van der Waals surface area contributed by atoms with E-state index in [4.69, 9.17) is 5.11 Å². The topological polar surface area (TPSA) is 74.7 Å². The summed E-state index contributed by atoms with van der Waals surface area (Å²) in [7, 11) is -2.37. The molecule has 0 aromatic carbocycles. The highest BCUT2D eigenvalue weighted by molar-refractivity contribution is 7.89. The van der Waals surface area contributed by atoms with Crippen LogP contribution in [0.1, 0.15) is 16.6 Å². The Morgan fingerprint density at radius 2 is 2.18 bits per heavy atom. The largest absolute Gasteiger partial charge is 0.477 e. The zero-order valence-electron chi connectivity index (χ0n) is 9.50. The number of hydrogen-bond acceptors (Lipinski definition) is 4. The molecule has 0 saturated heterocycles. The lowest BCUT2D eigenvalue weighted by Crippen LogP contribution is -2.29. The van der Waals surface area contributed by atoms with Gasteiger partial charge in [-0.3, -0.25) is 0 Å². The average Bonchev–Trinajstić information content (AvgIpc) is 2.64. The van der Waals surface area contributed by atoms with Crippen LogP contribution in [-0.2, 0) is 10.0 Å². The minimum Gasteiger partial charge on any atom is -0.477 e. The Hall–Kier alpha value is -1.18. The highest BCUT2D eigenvalue weighted by Crippen LogP contribution is 2.24. The molecule has 0 unspecified atom stereocenters. The van der Waals surface area contributed by atoms with Crippen molar-refractivity contribution in [3.63, 3.8) is 0 Å². The molecule has 0 spiro atoms. The molecule has 0 aliphatic heterocycles. The van der Waals surface area contributed by atoms with Gasteiger partial charge in [0.15, 0.2) is 0 Å². The van der Waals surface area contributed by atoms with Crippen LogP contribution in [0.2, 0.25) is 0 Å². The van der Waals surface area contributed by atoms with Crippen LogP contribution in [0, 0.1) is 0 Å². The number of carbonyl (C=O) groups is 1. The second-order valence-electron chi connectivity index (χ2n) is 3.64. The Labute approximate surface area is 104 Å². The van der Waals surface area contributed by atoms with Crippen molar-refractivity contribution in [3.05, 3.63) is 28.5 Å². The lowest BCUT2D eigenvalue weighted by Gasteiger charge is -2.16. The third kappa shape index (κ3) is 2.93. The first-order chi connectivity index (χ1) is 7.76. The molecule has 0 atom stereocenters. The molecule has 7 heteroatoms. The minimum atomic E-state index is -3.76. The molecular weight excluding hydrogens is 262 g/mol. The standard InChI is InChI=1S/C10H13NO4S2/c1-7(2)6-11(3)17(14,15)8-4-5-16-9(8)10(12)13/h4-5H,1,6H2,2-3H3,(H,12,13). The van der Waals surface area contributed by atoms with Crippen LogP contribution in [0.4, 0.5) is 0 Å². The number of nitrogens with zero attached hydrogens (tertiary/aromatic N) is 1. The van der Waals surface area contributed by atoms with E-state index in [0.717, 1.165) is 15.6 Å². The molecule has 0 aliphatic carbocycles. The second kappa shape index (κ2) is 4.99. The molecule has 94 valence electrons. The summed E-state index contributed by atoms with van der Waals surface area (Å²) in [4.78, 5) is 10.5. The summed E-state index contributed by atoms with van der Waals surface area (Å²) in [5.41, 5.74) is 0.683. The monoisotopic (exact) mass is 275 g/mol. The van der Waals surface area contributed by atoms with Gasteiger partial charge in [0.2, 0.25) is 10.0 Å². The van der Waals surface area contributed by atoms with E-state index in [2.05, 4.69) is 6.58 Å². The SMILES string of the molecule is C=C(C)CN(C)S(=O)(=O)c1ccsc1C(=O)O. The van der Waals surface area contributed by atoms with E-state index in [1.807, 2.05) is 0 Å². The Bertz CT molecular complexity index is 544. The summed E-state index contributed by atoms with van der Waals surface area (Å²) < 4.78 is 25.3. The van der Waals surface area contributed by atoms with E-state index in [1.54, 1.807) is 6.92 Å². The third-order valence-electron chi connectivity index (χ3n) is 2.00. The smallest absolute Gasteiger partial charge is 0.347 e. The van der Waals surface area contributed by atoms with Crippen molar-refractivity contribution in [1.29, 1.82) is 0 Å². The number of thiophene rings is 1. The first kappa shape index (κ1) is 13.9. The van der Waals surface area contributed by atoms with Crippen molar-refractivity contribution in [1.82, 2.24) is 4.31 Å². The summed E-state index contributed by atoms with van der Waals surface area (Å²) >= 11 is 0.893. The summed E-state index contributed by atoms with van der Waals surface area (Å²) in [5, 5.41) is 10.3. The van der Waals surface area contributed by atoms with Crippen LogP contribution in [0.25, 0.3) is 0 Å². The van der Waals surface area contributed by atoms with Gasteiger partial charge >= 0.3 is 5.97 Å². The molecule has 17 heavy (non-hydrogen) atoms. The molecule has 0 radical (unpaired) electrons. The molecule has 1 aromatic heterocycles. The summed E-state index contributed by atoms with van der Waals surface area (Å²) in [6.45, 7) is 5.50. The molecule has 1 N–H and O–H groups in total. The van der Waals surface area contributed by atoms with Crippen molar-refractivity contribution in [3.8, 4) is 0 Å². The van der Waals surface area contributed by atoms with Gasteiger partial charge in [-0.05, 0) is 18.4 Å². The first-order valence-corrected chi connectivity index (χ1v) is 7.00. The van der Waals surface area contributed by atoms with E-state index in [9.17, 15) is 13.2 Å². The normalized spacial score (nSPS) is 11.7. The van der Waals surface area contributed by atoms with Crippen LogP contribution >= 0.6 is 11.3 Å². The summed E-state index contributed by atoms with van der Waals surface area (Å²) in [6.07, 6.45) is 0. The van der Waals surface area contributed by atoms with Gasteiger partial charge in [-0.25, -0.2) is 13.2 Å². The maximum atomic E-state index is 12.1. The Morgan fingerprint density at radius 3 is 2.65 bits per heavy atom. The number of hydrogen-bond donors (Lipinski definition) is 1. The lowest BCUT2D eigenvalue weighted by atomic mass is 10.4. The van der Waals surface area contributed by atoms with Gasteiger partial charge in [0.05, 0.1) is 0 Å². The summed E-state index contributed by atoms with van der Waals surface area (Å²) in [5.74, 6) is -1.23. The molecule has 5 nitrogen and oxygen atoms in total. The molecule has 0 saturated carbocycles. The predicted octanol–water partition coefficient (Wildman–Crippen LogP) is 1.64. The fraction of sp³-hybridized carbons (Fsp3) is 0.300. The van der Waals surface area contributed by atoms with Gasteiger partial charge in [0.1, 0.15) is 9.77 Å². The molecule has 1 rings (SSSR count). The number of rotatable bonds is 5.